The van der Waals surface area contributed by atoms with Gasteiger partial charge in [-0.25, -0.2) is 0 Å². The fourth-order valence-electron chi connectivity index (χ4n) is 2.06. The highest BCUT2D eigenvalue weighted by Gasteiger charge is 2.20. The molecule has 0 radical (unpaired) electrons. The molecule has 0 spiro atoms. The Labute approximate surface area is 141 Å². The molecule has 0 aliphatic rings. The summed E-state index contributed by atoms with van der Waals surface area (Å²) in [4.78, 5) is 0. The van der Waals surface area contributed by atoms with E-state index in [1.807, 2.05) is 37.3 Å². The lowest BCUT2D eigenvalue weighted by molar-refractivity contribution is 0.444. The van der Waals surface area contributed by atoms with Crippen molar-refractivity contribution in [2.24, 2.45) is 0 Å². The van der Waals surface area contributed by atoms with E-state index in [2.05, 4.69) is 20.4 Å². The minimum atomic E-state index is -0.125. The zero-order valence-electron chi connectivity index (χ0n) is 12.6. The number of benzene rings is 1. The average molecular weight is 340 g/mol. The summed E-state index contributed by atoms with van der Waals surface area (Å²) in [6.07, 6.45) is 1.55. The third kappa shape index (κ3) is 2.95. The predicted octanol–water partition coefficient (Wildman–Crippen LogP) is 4.23. The van der Waals surface area contributed by atoms with E-state index in [0.29, 0.717) is 28.7 Å². The predicted molar refractivity (Wildman–Crippen MR) is 86.0 cm³/mol. The molecule has 0 amide bonds. The zero-order chi connectivity index (χ0) is 16.4. The number of furan rings is 1. The Bertz CT molecular complexity index is 918. The molecule has 0 saturated carbocycles. The van der Waals surface area contributed by atoms with Gasteiger partial charge in [-0.3, -0.25) is 0 Å². The van der Waals surface area contributed by atoms with Crippen molar-refractivity contribution < 1.29 is 13.3 Å². The molecule has 4 aromatic rings. The van der Waals surface area contributed by atoms with Gasteiger partial charge >= 0.3 is 0 Å². The summed E-state index contributed by atoms with van der Waals surface area (Å²) in [6.45, 7) is 1.93. The molecule has 1 atom stereocenters. The number of hydrogen-bond acceptors (Lipinski definition) is 8. The van der Waals surface area contributed by atoms with Gasteiger partial charge in [0, 0.05) is 5.56 Å². The molecule has 4 rings (SSSR count). The van der Waals surface area contributed by atoms with Crippen LogP contribution < -0.4 is 0 Å². The van der Waals surface area contributed by atoms with Crippen LogP contribution in [-0.2, 0) is 0 Å². The maximum absolute atomic E-state index is 5.73. The van der Waals surface area contributed by atoms with E-state index in [0.717, 1.165) is 5.56 Å². The summed E-state index contributed by atoms with van der Waals surface area (Å²) >= 11 is 1.35. The van der Waals surface area contributed by atoms with E-state index < -0.39 is 0 Å². The van der Waals surface area contributed by atoms with Gasteiger partial charge in [-0.2, -0.15) is 0 Å². The Morgan fingerprint density at radius 1 is 0.875 bits per heavy atom. The van der Waals surface area contributed by atoms with Crippen molar-refractivity contribution >= 4 is 11.8 Å². The number of rotatable bonds is 5. The molecule has 3 aromatic heterocycles. The van der Waals surface area contributed by atoms with Gasteiger partial charge in [-0.15, -0.1) is 20.4 Å². The highest BCUT2D eigenvalue weighted by Crippen LogP contribution is 2.35. The van der Waals surface area contributed by atoms with Crippen molar-refractivity contribution in [3.05, 3.63) is 54.6 Å². The highest BCUT2D eigenvalue weighted by molar-refractivity contribution is 7.99. The van der Waals surface area contributed by atoms with Crippen LogP contribution in [0.2, 0.25) is 0 Å². The Morgan fingerprint density at radius 3 is 2.50 bits per heavy atom. The first kappa shape index (κ1) is 14.7. The van der Waals surface area contributed by atoms with E-state index in [9.17, 15) is 0 Å². The maximum atomic E-state index is 5.73. The lowest BCUT2D eigenvalue weighted by Crippen LogP contribution is -1.88. The van der Waals surface area contributed by atoms with Crippen molar-refractivity contribution in [3.63, 3.8) is 0 Å². The van der Waals surface area contributed by atoms with E-state index in [4.69, 9.17) is 13.3 Å². The minimum absolute atomic E-state index is 0.125. The van der Waals surface area contributed by atoms with E-state index in [1.165, 1.54) is 11.8 Å². The Morgan fingerprint density at radius 2 is 1.71 bits per heavy atom. The second-order valence-electron chi connectivity index (χ2n) is 4.92. The average Bonchev–Trinajstić information content (AvgIpc) is 3.36. The molecule has 0 N–H and O–H groups in total. The summed E-state index contributed by atoms with van der Waals surface area (Å²) in [5, 5.41) is 16.4. The fraction of sp³-hybridized carbons (Fsp3) is 0.125. The van der Waals surface area contributed by atoms with Gasteiger partial charge in [0.25, 0.3) is 11.1 Å². The van der Waals surface area contributed by atoms with Crippen molar-refractivity contribution in [2.45, 2.75) is 17.4 Å². The maximum Gasteiger partial charge on any atom is 0.284 e. The van der Waals surface area contributed by atoms with E-state index in [-0.39, 0.29) is 5.25 Å². The molecule has 8 heteroatoms. The third-order valence-corrected chi connectivity index (χ3v) is 4.15. The SMILES string of the molecule is C[C@H](Sc1nnc(-c2ccco2)o1)c1nnc(-c2ccccc2)o1. The minimum Gasteiger partial charge on any atom is -0.459 e. The highest BCUT2D eigenvalue weighted by atomic mass is 32.2. The van der Waals surface area contributed by atoms with E-state index >= 15 is 0 Å². The van der Waals surface area contributed by atoms with Gasteiger partial charge in [0.2, 0.25) is 11.8 Å². The van der Waals surface area contributed by atoms with Crippen LogP contribution in [0.5, 0.6) is 0 Å². The van der Waals surface area contributed by atoms with Gasteiger partial charge in [0.15, 0.2) is 5.76 Å². The van der Waals surface area contributed by atoms with E-state index in [1.54, 1.807) is 18.4 Å². The van der Waals surface area contributed by atoms with Crippen molar-refractivity contribution in [2.75, 3.05) is 0 Å². The van der Waals surface area contributed by atoms with Crippen LogP contribution >= 0.6 is 11.8 Å². The smallest absolute Gasteiger partial charge is 0.284 e. The van der Waals surface area contributed by atoms with Gasteiger partial charge < -0.3 is 13.3 Å². The van der Waals surface area contributed by atoms with Crippen molar-refractivity contribution in [3.8, 4) is 23.1 Å². The van der Waals surface area contributed by atoms with Crippen LogP contribution in [0, 0.1) is 0 Å². The lowest BCUT2D eigenvalue weighted by Gasteiger charge is -2.01. The normalized spacial score (nSPS) is 12.4. The second kappa shape index (κ2) is 6.32. The van der Waals surface area contributed by atoms with Crippen LogP contribution in [0.25, 0.3) is 23.1 Å². The largest absolute Gasteiger partial charge is 0.459 e. The van der Waals surface area contributed by atoms with Gasteiger partial charge in [-0.05, 0) is 31.2 Å². The van der Waals surface area contributed by atoms with Crippen LogP contribution in [0.4, 0.5) is 0 Å². The molecule has 0 unspecified atom stereocenters. The summed E-state index contributed by atoms with van der Waals surface area (Å²) in [7, 11) is 0. The van der Waals surface area contributed by atoms with Gasteiger partial charge in [-0.1, -0.05) is 30.0 Å². The summed E-state index contributed by atoms with van der Waals surface area (Å²) in [5.74, 6) is 1.85. The molecule has 7 nitrogen and oxygen atoms in total. The van der Waals surface area contributed by atoms with Crippen LogP contribution in [-0.4, -0.2) is 20.4 Å². The molecule has 24 heavy (non-hydrogen) atoms. The summed E-state index contributed by atoms with van der Waals surface area (Å²) < 4.78 is 16.5. The standard InChI is InChI=1S/C16H12N4O3S/c1-10(13-17-18-14(22-13)11-6-3-2-4-7-11)24-16-20-19-15(23-16)12-8-5-9-21-12/h2-10H,1H3/t10-/m0/s1. The molecular formula is C16H12N4O3S. The summed E-state index contributed by atoms with van der Waals surface area (Å²) in [6, 6.07) is 13.1. The zero-order valence-corrected chi connectivity index (χ0v) is 13.4. The molecule has 1 aromatic carbocycles. The Kier molecular flexibility index (Phi) is 3.87. The summed E-state index contributed by atoms with van der Waals surface area (Å²) in [5.41, 5.74) is 0.881. The van der Waals surface area contributed by atoms with Crippen molar-refractivity contribution in [1.82, 2.24) is 20.4 Å². The number of thioether (sulfide) groups is 1. The third-order valence-electron chi connectivity index (χ3n) is 3.23. The lowest BCUT2D eigenvalue weighted by atomic mass is 10.2. The molecule has 0 fully saturated rings. The number of aromatic nitrogens is 4. The Balaban J connectivity index is 1.49. The van der Waals surface area contributed by atoms with Gasteiger partial charge in [0.05, 0.1) is 11.5 Å². The van der Waals surface area contributed by atoms with Gasteiger partial charge in [0.1, 0.15) is 0 Å². The molecule has 0 bridgehead atoms. The topological polar surface area (TPSA) is 91.0 Å². The fourth-order valence-corrected chi connectivity index (χ4v) is 2.77. The molecular weight excluding hydrogens is 328 g/mol. The second-order valence-corrected chi connectivity index (χ2v) is 6.21. The Hall–Kier alpha value is -2.87. The first-order valence-electron chi connectivity index (χ1n) is 7.22. The molecule has 0 aliphatic heterocycles. The first-order chi connectivity index (χ1) is 11.8. The molecule has 3 heterocycles. The quantitative estimate of drug-likeness (QED) is 0.498. The monoisotopic (exact) mass is 340 g/mol. The molecule has 120 valence electrons. The van der Waals surface area contributed by atoms with Crippen LogP contribution in [0.15, 0.2) is 67.2 Å². The van der Waals surface area contributed by atoms with Crippen LogP contribution in [0.1, 0.15) is 18.1 Å². The van der Waals surface area contributed by atoms with Crippen LogP contribution in [0.3, 0.4) is 0 Å². The number of nitrogens with zero attached hydrogens (tertiary/aromatic N) is 4. The number of hydrogen-bond donors (Lipinski definition) is 0. The molecule has 0 saturated heterocycles. The molecule has 0 aliphatic carbocycles. The first-order valence-corrected chi connectivity index (χ1v) is 8.10. The van der Waals surface area contributed by atoms with Crippen molar-refractivity contribution in [1.29, 1.82) is 0 Å².